The zero-order chi connectivity index (χ0) is 20.6. The molecule has 166 valence electrons. The maximum absolute atomic E-state index is 5.78. The van der Waals surface area contributed by atoms with E-state index >= 15 is 0 Å². The summed E-state index contributed by atoms with van der Waals surface area (Å²) >= 11 is 0. The smallest absolute Gasteiger partial charge is 0.191 e. The van der Waals surface area contributed by atoms with Crippen LogP contribution in [0.2, 0.25) is 0 Å². The standard InChI is InChI=1S/C21H32N6O2.HI/c1-15(2)20-25-19-10-9-16(14-27(19)26-20)24-21(22-3)23-11-6-12-29-18-8-5-7-17(13-18)28-4;/h5,7-8,13,15-16H,6,9-12,14H2,1-4H3,(H2,22,23,24);1H. The molecule has 1 unspecified atom stereocenters. The van der Waals surface area contributed by atoms with Gasteiger partial charge < -0.3 is 20.1 Å². The summed E-state index contributed by atoms with van der Waals surface area (Å²) in [5, 5.41) is 11.5. The number of fused-ring (bicyclic) bond motifs is 1. The van der Waals surface area contributed by atoms with Gasteiger partial charge in [0.25, 0.3) is 0 Å². The number of methoxy groups -OCH3 is 1. The van der Waals surface area contributed by atoms with Crippen molar-refractivity contribution in [2.24, 2.45) is 4.99 Å². The van der Waals surface area contributed by atoms with Crippen LogP contribution in [0.4, 0.5) is 0 Å². The summed E-state index contributed by atoms with van der Waals surface area (Å²) in [6.45, 7) is 6.47. The van der Waals surface area contributed by atoms with Crippen LogP contribution in [0.3, 0.4) is 0 Å². The number of benzene rings is 1. The molecule has 3 rings (SSSR count). The van der Waals surface area contributed by atoms with E-state index in [9.17, 15) is 0 Å². The van der Waals surface area contributed by atoms with Gasteiger partial charge in [0.05, 0.1) is 20.3 Å². The summed E-state index contributed by atoms with van der Waals surface area (Å²) < 4.78 is 13.0. The summed E-state index contributed by atoms with van der Waals surface area (Å²) in [5.41, 5.74) is 0. The molecule has 1 aliphatic rings. The number of ether oxygens (including phenoxy) is 2. The van der Waals surface area contributed by atoms with Gasteiger partial charge in [-0.2, -0.15) is 5.10 Å². The first-order chi connectivity index (χ1) is 14.1. The van der Waals surface area contributed by atoms with E-state index in [1.807, 2.05) is 28.9 Å². The Morgan fingerprint density at radius 3 is 2.87 bits per heavy atom. The zero-order valence-corrected chi connectivity index (χ0v) is 20.6. The van der Waals surface area contributed by atoms with Crippen molar-refractivity contribution in [3.63, 3.8) is 0 Å². The molecule has 0 saturated carbocycles. The van der Waals surface area contributed by atoms with Crippen LogP contribution in [0.1, 0.15) is 44.3 Å². The van der Waals surface area contributed by atoms with Crippen molar-refractivity contribution < 1.29 is 9.47 Å². The minimum Gasteiger partial charge on any atom is -0.497 e. The Hall–Kier alpha value is -2.04. The Morgan fingerprint density at radius 2 is 2.13 bits per heavy atom. The number of aryl methyl sites for hydroxylation is 1. The van der Waals surface area contributed by atoms with Crippen molar-refractivity contribution >= 4 is 29.9 Å². The number of hydrogen-bond donors (Lipinski definition) is 2. The summed E-state index contributed by atoms with van der Waals surface area (Å²) in [5.74, 6) is 4.80. The van der Waals surface area contributed by atoms with Gasteiger partial charge in [-0.25, -0.2) is 9.67 Å². The summed E-state index contributed by atoms with van der Waals surface area (Å²) in [6, 6.07) is 7.94. The van der Waals surface area contributed by atoms with Crippen LogP contribution in [0.5, 0.6) is 11.5 Å². The molecule has 1 aromatic heterocycles. The van der Waals surface area contributed by atoms with E-state index in [-0.39, 0.29) is 24.0 Å². The van der Waals surface area contributed by atoms with Crippen LogP contribution in [0, 0.1) is 0 Å². The number of guanidine groups is 1. The Labute approximate surface area is 195 Å². The van der Waals surface area contributed by atoms with Crippen LogP contribution in [-0.4, -0.2) is 54.1 Å². The molecule has 0 bridgehead atoms. The molecule has 0 spiro atoms. The van der Waals surface area contributed by atoms with Crippen LogP contribution >= 0.6 is 24.0 Å². The van der Waals surface area contributed by atoms with Crippen molar-refractivity contribution in [1.29, 1.82) is 0 Å². The van der Waals surface area contributed by atoms with Crippen molar-refractivity contribution in [3.05, 3.63) is 35.9 Å². The molecular weight excluding hydrogens is 495 g/mol. The number of halogens is 1. The van der Waals surface area contributed by atoms with Crippen molar-refractivity contribution in [2.45, 2.75) is 51.6 Å². The lowest BCUT2D eigenvalue weighted by Crippen LogP contribution is -2.47. The van der Waals surface area contributed by atoms with Crippen LogP contribution < -0.4 is 20.1 Å². The van der Waals surface area contributed by atoms with Crippen LogP contribution in [0.15, 0.2) is 29.3 Å². The maximum Gasteiger partial charge on any atom is 0.191 e. The molecule has 1 aliphatic heterocycles. The molecule has 0 amide bonds. The predicted molar refractivity (Wildman–Crippen MR) is 129 cm³/mol. The lowest BCUT2D eigenvalue weighted by atomic mass is 10.1. The molecule has 0 fully saturated rings. The molecule has 2 N–H and O–H groups in total. The van der Waals surface area contributed by atoms with E-state index < -0.39 is 0 Å². The zero-order valence-electron chi connectivity index (χ0n) is 18.2. The molecular formula is C21H33IN6O2. The van der Waals surface area contributed by atoms with E-state index in [4.69, 9.17) is 9.47 Å². The second-order valence-corrected chi connectivity index (χ2v) is 7.48. The lowest BCUT2D eigenvalue weighted by Gasteiger charge is -2.25. The Balaban J connectivity index is 0.00000320. The van der Waals surface area contributed by atoms with Gasteiger partial charge in [0.2, 0.25) is 0 Å². The highest BCUT2D eigenvalue weighted by atomic mass is 127. The third-order valence-electron chi connectivity index (χ3n) is 4.88. The Bertz CT molecular complexity index is 824. The monoisotopic (exact) mass is 528 g/mol. The van der Waals surface area contributed by atoms with Crippen LogP contribution in [0.25, 0.3) is 0 Å². The molecule has 0 saturated heterocycles. The highest BCUT2D eigenvalue weighted by Gasteiger charge is 2.23. The third-order valence-corrected chi connectivity index (χ3v) is 4.88. The lowest BCUT2D eigenvalue weighted by molar-refractivity contribution is 0.308. The SMILES string of the molecule is CN=C(NCCCOc1cccc(OC)c1)NC1CCc2nc(C(C)C)nn2C1.I. The Kier molecular flexibility index (Phi) is 9.67. The average Bonchev–Trinajstić information content (AvgIpc) is 3.16. The fraction of sp³-hybridized carbons (Fsp3) is 0.571. The molecule has 1 atom stereocenters. The first-order valence-electron chi connectivity index (χ1n) is 10.3. The quantitative estimate of drug-likeness (QED) is 0.237. The average molecular weight is 528 g/mol. The van der Waals surface area contributed by atoms with Gasteiger partial charge in [-0.3, -0.25) is 4.99 Å². The molecule has 9 heteroatoms. The van der Waals surface area contributed by atoms with Gasteiger partial charge in [-0.15, -0.1) is 24.0 Å². The summed E-state index contributed by atoms with van der Waals surface area (Å²) in [6.07, 6.45) is 2.83. The van der Waals surface area contributed by atoms with E-state index in [2.05, 4.69) is 39.6 Å². The molecule has 8 nitrogen and oxygen atoms in total. The highest BCUT2D eigenvalue weighted by Crippen LogP contribution is 2.19. The van der Waals surface area contributed by atoms with Gasteiger partial charge in [-0.1, -0.05) is 19.9 Å². The number of nitrogens with zero attached hydrogens (tertiary/aromatic N) is 4. The normalized spacial score (nSPS) is 15.9. The van der Waals surface area contributed by atoms with Gasteiger partial charge in [-0.05, 0) is 25.0 Å². The predicted octanol–water partition coefficient (Wildman–Crippen LogP) is 2.98. The minimum absolute atomic E-state index is 0. The van der Waals surface area contributed by atoms with Gasteiger partial charge >= 0.3 is 0 Å². The molecule has 1 aromatic carbocycles. The van der Waals surface area contributed by atoms with Gasteiger partial charge in [0, 0.05) is 38.0 Å². The number of nitrogens with one attached hydrogen (secondary N) is 2. The number of aromatic nitrogens is 3. The Morgan fingerprint density at radius 1 is 1.33 bits per heavy atom. The van der Waals surface area contributed by atoms with Gasteiger partial charge in [0.1, 0.15) is 17.3 Å². The maximum atomic E-state index is 5.78. The number of hydrogen-bond acceptors (Lipinski definition) is 5. The van der Waals surface area contributed by atoms with E-state index in [0.717, 1.165) is 61.5 Å². The minimum atomic E-state index is 0. The first kappa shape index (κ1) is 24.2. The fourth-order valence-corrected chi connectivity index (χ4v) is 3.24. The summed E-state index contributed by atoms with van der Waals surface area (Å²) in [4.78, 5) is 8.99. The second kappa shape index (κ2) is 12.0. The van der Waals surface area contributed by atoms with E-state index in [1.54, 1.807) is 14.2 Å². The topological polar surface area (TPSA) is 85.6 Å². The van der Waals surface area contributed by atoms with Gasteiger partial charge in [0.15, 0.2) is 11.8 Å². The van der Waals surface area contributed by atoms with Crippen molar-refractivity contribution in [1.82, 2.24) is 25.4 Å². The van der Waals surface area contributed by atoms with E-state index in [0.29, 0.717) is 18.6 Å². The van der Waals surface area contributed by atoms with Crippen LogP contribution in [-0.2, 0) is 13.0 Å². The second-order valence-electron chi connectivity index (χ2n) is 7.48. The number of rotatable bonds is 8. The van der Waals surface area contributed by atoms with Crippen molar-refractivity contribution in [3.8, 4) is 11.5 Å². The third kappa shape index (κ3) is 6.75. The molecule has 30 heavy (non-hydrogen) atoms. The van der Waals surface area contributed by atoms with E-state index in [1.165, 1.54) is 0 Å². The molecule has 0 aliphatic carbocycles. The largest absolute Gasteiger partial charge is 0.497 e. The highest BCUT2D eigenvalue weighted by molar-refractivity contribution is 14.0. The molecule has 2 heterocycles. The summed E-state index contributed by atoms with van der Waals surface area (Å²) in [7, 11) is 3.45. The fourth-order valence-electron chi connectivity index (χ4n) is 3.24. The van der Waals surface area contributed by atoms with Crippen molar-refractivity contribution in [2.75, 3.05) is 27.3 Å². The number of aliphatic imine (C=N–C) groups is 1. The molecule has 2 aromatic rings. The molecule has 0 radical (unpaired) electrons. The first-order valence-corrected chi connectivity index (χ1v) is 10.3.